The fourth-order valence-corrected chi connectivity index (χ4v) is 8.54. The fraction of sp³-hybridized carbons (Fsp3) is 0.447. The molecule has 54 heavy (non-hydrogen) atoms. The highest BCUT2D eigenvalue weighted by molar-refractivity contribution is 6.42. The van der Waals surface area contributed by atoms with Crippen LogP contribution in [-0.2, 0) is 15.7 Å². The molecule has 16 heteroatoms. The molecule has 3 amide bonds. The molecule has 284 valence electrons. The first-order valence-corrected chi connectivity index (χ1v) is 19.0. The van der Waals surface area contributed by atoms with Gasteiger partial charge in [-0.3, -0.25) is 9.78 Å². The SMILES string of the molecule is COc1ccc(-n2cnnn2)cc1C(=O)N1CCC(CCN2CCC(NC(=O)N3CCCCC3C(=O)O)(c3ccccn3)CC2)(c2ccc(Cl)c(Cl)c2)C1. The van der Waals surface area contributed by atoms with Crippen LogP contribution in [0.4, 0.5) is 4.79 Å². The largest absolute Gasteiger partial charge is 0.496 e. The lowest BCUT2D eigenvalue weighted by atomic mass is 9.76. The van der Waals surface area contributed by atoms with Gasteiger partial charge < -0.3 is 29.9 Å². The minimum atomic E-state index is -0.980. The van der Waals surface area contributed by atoms with Crippen molar-refractivity contribution in [2.75, 3.05) is 46.4 Å². The summed E-state index contributed by atoms with van der Waals surface area (Å²) in [5, 5.41) is 25.4. The molecule has 2 aromatic heterocycles. The number of aliphatic carboxylic acids is 1. The summed E-state index contributed by atoms with van der Waals surface area (Å²) in [5.74, 6) is -0.678. The smallest absolute Gasteiger partial charge is 0.326 e. The van der Waals surface area contributed by atoms with Crippen LogP contribution in [0.3, 0.4) is 0 Å². The molecule has 2 N–H and O–H groups in total. The zero-order valence-electron chi connectivity index (χ0n) is 30.0. The van der Waals surface area contributed by atoms with Gasteiger partial charge in [-0.2, -0.15) is 0 Å². The molecule has 0 aliphatic carbocycles. The van der Waals surface area contributed by atoms with Crippen LogP contribution in [0.1, 0.15) is 66.6 Å². The number of hydrogen-bond acceptors (Lipinski definition) is 9. The van der Waals surface area contributed by atoms with E-state index in [1.54, 1.807) is 31.5 Å². The van der Waals surface area contributed by atoms with Crippen molar-refractivity contribution in [3.63, 3.8) is 0 Å². The number of halogens is 2. The molecule has 3 saturated heterocycles. The average Bonchev–Trinajstić information content (AvgIpc) is 3.91. The number of hydrogen-bond donors (Lipinski definition) is 2. The molecule has 2 aromatic carbocycles. The highest BCUT2D eigenvalue weighted by Crippen LogP contribution is 2.42. The van der Waals surface area contributed by atoms with E-state index in [9.17, 15) is 19.5 Å². The number of methoxy groups -OCH3 is 1. The van der Waals surface area contributed by atoms with Gasteiger partial charge in [-0.25, -0.2) is 14.3 Å². The molecule has 0 spiro atoms. The van der Waals surface area contributed by atoms with Crippen molar-refractivity contribution >= 4 is 41.1 Å². The minimum Gasteiger partial charge on any atom is -0.496 e. The Morgan fingerprint density at radius 1 is 0.981 bits per heavy atom. The van der Waals surface area contributed by atoms with Crippen LogP contribution < -0.4 is 10.1 Å². The number of benzene rings is 2. The summed E-state index contributed by atoms with van der Waals surface area (Å²) in [6, 6.07) is 15.5. The Kier molecular flexibility index (Phi) is 11.0. The molecule has 14 nitrogen and oxygen atoms in total. The zero-order valence-corrected chi connectivity index (χ0v) is 31.5. The fourth-order valence-electron chi connectivity index (χ4n) is 8.24. The minimum absolute atomic E-state index is 0.156. The number of ether oxygens (including phenoxy) is 1. The predicted molar refractivity (Wildman–Crippen MR) is 201 cm³/mol. The van der Waals surface area contributed by atoms with Gasteiger partial charge in [0.1, 0.15) is 18.1 Å². The number of carboxylic acids is 1. The number of tetrazole rings is 1. The molecule has 2 atom stereocenters. The van der Waals surface area contributed by atoms with Gasteiger partial charge in [-0.1, -0.05) is 35.3 Å². The maximum atomic E-state index is 14.2. The number of nitrogens with zero attached hydrogens (tertiary/aromatic N) is 8. The number of amides is 3. The van der Waals surface area contributed by atoms with Crippen LogP contribution >= 0.6 is 23.2 Å². The van der Waals surface area contributed by atoms with Gasteiger partial charge in [-0.05, 0) is 110 Å². The number of likely N-dealkylation sites (tertiary alicyclic amines) is 3. The molecule has 4 aromatic rings. The molecule has 0 saturated carbocycles. The highest BCUT2D eigenvalue weighted by Gasteiger charge is 2.45. The first-order valence-electron chi connectivity index (χ1n) is 18.2. The Bertz CT molecular complexity index is 1980. The molecule has 5 heterocycles. The van der Waals surface area contributed by atoms with Gasteiger partial charge in [0, 0.05) is 44.3 Å². The number of nitrogens with one attached hydrogen (secondary N) is 1. The lowest BCUT2D eigenvalue weighted by molar-refractivity contribution is -0.143. The molecular weight excluding hydrogens is 733 g/mol. The Morgan fingerprint density at radius 3 is 2.52 bits per heavy atom. The van der Waals surface area contributed by atoms with Crippen molar-refractivity contribution in [1.82, 2.24) is 45.2 Å². The summed E-state index contributed by atoms with van der Waals surface area (Å²) in [6.45, 7) is 3.49. The van der Waals surface area contributed by atoms with Crippen molar-refractivity contribution in [3.05, 3.63) is 94.0 Å². The van der Waals surface area contributed by atoms with Crippen molar-refractivity contribution in [1.29, 1.82) is 0 Å². The molecule has 3 aliphatic rings. The molecule has 0 bridgehead atoms. The van der Waals surface area contributed by atoms with Gasteiger partial charge in [-0.15, -0.1) is 5.10 Å². The van der Waals surface area contributed by atoms with Crippen LogP contribution in [0.2, 0.25) is 10.0 Å². The number of rotatable bonds is 10. The number of carbonyl (C=O) groups excluding carboxylic acids is 2. The number of urea groups is 1. The van der Waals surface area contributed by atoms with E-state index >= 15 is 0 Å². The van der Waals surface area contributed by atoms with E-state index in [1.807, 2.05) is 41.3 Å². The van der Waals surface area contributed by atoms with Gasteiger partial charge in [0.15, 0.2) is 0 Å². The lowest BCUT2D eigenvalue weighted by Crippen LogP contribution is -2.59. The molecule has 7 rings (SSSR count). The third-order valence-corrected chi connectivity index (χ3v) is 12.1. The molecule has 0 radical (unpaired) electrons. The first-order chi connectivity index (χ1) is 26.1. The van der Waals surface area contributed by atoms with E-state index in [0.717, 1.165) is 37.1 Å². The van der Waals surface area contributed by atoms with Crippen LogP contribution in [0.25, 0.3) is 5.69 Å². The van der Waals surface area contributed by atoms with Gasteiger partial charge in [0.2, 0.25) is 0 Å². The summed E-state index contributed by atoms with van der Waals surface area (Å²) in [7, 11) is 1.54. The van der Waals surface area contributed by atoms with E-state index in [4.69, 9.17) is 27.9 Å². The maximum absolute atomic E-state index is 14.2. The average molecular weight is 777 g/mol. The molecule has 3 aliphatic heterocycles. The number of carbonyl (C=O) groups is 3. The van der Waals surface area contributed by atoms with E-state index in [-0.39, 0.29) is 11.9 Å². The van der Waals surface area contributed by atoms with Gasteiger partial charge in [0.05, 0.1) is 39.6 Å². The van der Waals surface area contributed by atoms with Gasteiger partial charge in [0.25, 0.3) is 5.91 Å². The second kappa shape index (κ2) is 15.9. The Labute approximate surface area is 323 Å². The third kappa shape index (κ3) is 7.59. The van der Waals surface area contributed by atoms with Gasteiger partial charge >= 0.3 is 12.0 Å². The first kappa shape index (κ1) is 37.5. The Morgan fingerprint density at radius 2 is 1.81 bits per heavy atom. The van der Waals surface area contributed by atoms with Crippen LogP contribution in [0.15, 0.2) is 67.1 Å². The second-order valence-corrected chi connectivity index (χ2v) is 15.2. The van der Waals surface area contributed by atoms with Crippen molar-refractivity contribution in [2.45, 2.75) is 61.9 Å². The van der Waals surface area contributed by atoms with Crippen molar-refractivity contribution in [2.24, 2.45) is 0 Å². The number of piperidine rings is 2. The Balaban J connectivity index is 1.09. The Hall–Kier alpha value is -4.79. The van der Waals surface area contributed by atoms with E-state index in [2.05, 4.69) is 30.7 Å². The molecule has 3 fully saturated rings. The monoisotopic (exact) mass is 775 g/mol. The van der Waals surface area contributed by atoms with E-state index in [0.29, 0.717) is 85.5 Å². The summed E-state index contributed by atoms with van der Waals surface area (Å²) >= 11 is 12.9. The predicted octanol–water partition coefficient (Wildman–Crippen LogP) is 5.19. The highest BCUT2D eigenvalue weighted by atomic mass is 35.5. The second-order valence-electron chi connectivity index (χ2n) is 14.4. The summed E-state index contributed by atoms with van der Waals surface area (Å²) in [6.07, 6.45) is 7.85. The number of pyridine rings is 1. The van der Waals surface area contributed by atoms with Crippen LogP contribution in [0, 0.1) is 0 Å². The topological polar surface area (TPSA) is 159 Å². The number of carboxylic acid groups (broad SMARTS) is 1. The lowest BCUT2D eigenvalue weighted by Gasteiger charge is -2.44. The van der Waals surface area contributed by atoms with E-state index in [1.165, 1.54) is 15.9 Å². The zero-order chi connectivity index (χ0) is 37.9. The quantitative estimate of drug-likeness (QED) is 0.220. The van der Waals surface area contributed by atoms with Crippen molar-refractivity contribution in [3.8, 4) is 11.4 Å². The standard InChI is InChI=1S/C38H43Cl2N9O5/c1-54-32-11-9-27(49-25-42-44-45-49)23-28(32)34(50)47-21-13-37(24-47,26-8-10-29(39)30(40)22-26)12-18-46-19-14-38(15-20-46,33-7-2-4-16-41-33)43-36(53)48-17-5-3-6-31(48)35(51)52/h2,4,7-11,16,22-23,25,31H,3,5-6,12-15,17-21,24H2,1H3,(H,43,53)(H,51,52). The molecular formula is C38H43Cl2N9O5. The number of aromatic nitrogens is 5. The van der Waals surface area contributed by atoms with Crippen LogP contribution in [0.5, 0.6) is 5.75 Å². The van der Waals surface area contributed by atoms with E-state index < -0.39 is 23.0 Å². The molecule has 2 unspecified atom stereocenters. The van der Waals surface area contributed by atoms with Crippen molar-refractivity contribution < 1.29 is 24.2 Å². The van der Waals surface area contributed by atoms with Crippen LogP contribution in [-0.4, -0.2) is 115 Å². The normalized spacial score (nSPS) is 21.5. The summed E-state index contributed by atoms with van der Waals surface area (Å²) < 4.78 is 7.10. The maximum Gasteiger partial charge on any atom is 0.326 e. The summed E-state index contributed by atoms with van der Waals surface area (Å²) in [4.78, 5) is 50.4. The third-order valence-electron chi connectivity index (χ3n) is 11.4. The summed E-state index contributed by atoms with van der Waals surface area (Å²) in [5.41, 5.74) is 1.68.